The van der Waals surface area contributed by atoms with Crippen LogP contribution in [0, 0.1) is 0 Å². The van der Waals surface area contributed by atoms with Gasteiger partial charge in [0.25, 0.3) is 5.56 Å². The molecule has 0 radical (unpaired) electrons. The van der Waals surface area contributed by atoms with Gasteiger partial charge in [-0.25, -0.2) is 9.78 Å². The molecule has 0 saturated heterocycles. The number of aromatic nitrogens is 2. The van der Waals surface area contributed by atoms with Crippen molar-refractivity contribution in [1.82, 2.24) is 20.2 Å². The van der Waals surface area contributed by atoms with Gasteiger partial charge in [-0.1, -0.05) is 11.6 Å². The van der Waals surface area contributed by atoms with Crippen molar-refractivity contribution in [2.75, 3.05) is 6.54 Å². The van der Waals surface area contributed by atoms with E-state index >= 15 is 0 Å². The number of allylic oxidation sites excluding steroid dienone is 1. The Bertz CT molecular complexity index is 868. The number of fused-ring (bicyclic) bond motifs is 1. The minimum absolute atomic E-state index is 0.238. The lowest BCUT2D eigenvalue weighted by atomic mass is 9.97. The summed E-state index contributed by atoms with van der Waals surface area (Å²) in [5, 5.41) is 6.69. The molecule has 3 rings (SSSR count). The lowest BCUT2D eigenvalue weighted by molar-refractivity contribution is -0.120. The molecule has 0 fully saturated rings. The van der Waals surface area contributed by atoms with Crippen molar-refractivity contribution in [2.24, 2.45) is 0 Å². The summed E-state index contributed by atoms with van der Waals surface area (Å²) >= 11 is 1.28. The molecule has 8 heteroatoms. The number of carbonyl (C=O) groups excluding carboxylic acids is 2. The average Bonchev–Trinajstić information content (AvgIpc) is 3.08. The monoisotopic (exact) mass is 360 g/mol. The summed E-state index contributed by atoms with van der Waals surface area (Å²) in [6.45, 7) is 0.256. The van der Waals surface area contributed by atoms with Crippen LogP contribution in [0.25, 0.3) is 10.2 Å². The topological polar surface area (TPSA) is 93.1 Å². The van der Waals surface area contributed by atoms with Gasteiger partial charge in [0.05, 0.1) is 11.8 Å². The summed E-state index contributed by atoms with van der Waals surface area (Å²) in [7, 11) is 0. The number of nitrogens with one attached hydrogen (secondary N) is 2. The van der Waals surface area contributed by atoms with Crippen LogP contribution in [0.2, 0.25) is 0 Å². The van der Waals surface area contributed by atoms with Gasteiger partial charge in [0, 0.05) is 6.54 Å². The molecular formula is C17H20N4O3S. The number of amides is 3. The normalized spacial score (nSPS) is 14.2. The van der Waals surface area contributed by atoms with Crippen LogP contribution in [0.4, 0.5) is 4.79 Å². The van der Waals surface area contributed by atoms with E-state index in [1.165, 1.54) is 40.6 Å². The molecule has 132 valence electrons. The van der Waals surface area contributed by atoms with Gasteiger partial charge in [-0.3, -0.25) is 19.5 Å². The van der Waals surface area contributed by atoms with Gasteiger partial charge in [-0.15, -0.1) is 11.3 Å². The molecule has 7 nitrogen and oxygen atoms in total. The predicted octanol–water partition coefficient (Wildman–Crippen LogP) is 2.17. The zero-order valence-electron chi connectivity index (χ0n) is 13.8. The summed E-state index contributed by atoms with van der Waals surface area (Å²) in [5.74, 6) is -0.547. The second-order valence-electron chi connectivity index (χ2n) is 5.97. The first-order chi connectivity index (χ1) is 12.1. The highest BCUT2D eigenvalue weighted by atomic mass is 32.1. The van der Waals surface area contributed by atoms with E-state index in [2.05, 4.69) is 21.7 Å². The fourth-order valence-corrected chi connectivity index (χ4v) is 3.62. The highest BCUT2D eigenvalue weighted by Crippen LogP contribution is 2.19. The van der Waals surface area contributed by atoms with Crippen LogP contribution in [-0.2, 0) is 11.3 Å². The highest BCUT2D eigenvalue weighted by Gasteiger charge is 2.12. The number of carbonyl (C=O) groups is 2. The van der Waals surface area contributed by atoms with Crippen molar-refractivity contribution in [3.63, 3.8) is 0 Å². The highest BCUT2D eigenvalue weighted by molar-refractivity contribution is 7.17. The first-order valence-corrected chi connectivity index (χ1v) is 9.19. The van der Waals surface area contributed by atoms with E-state index in [4.69, 9.17) is 0 Å². The fraction of sp³-hybridized carbons (Fsp3) is 0.412. The molecule has 1 aliphatic rings. The maximum absolute atomic E-state index is 12.2. The van der Waals surface area contributed by atoms with Crippen LogP contribution in [0.1, 0.15) is 32.1 Å². The molecule has 1 aliphatic carbocycles. The van der Waals surface area contributed by atoms with Gasteiger partial charge in [-0.2, -0.15) is 0 Å². The van der Waals surface area contributed by atoms with Crippen molar-refractivity contribution < 1.29 is 9.59 Å². The van der Waals surface area contributed by atoms with E-state index in [0.29, 0.717) is 16.8 Å². The smallest absolute Gasteiger partial charge is 0.321 e. The summed E-state index contributed by atoms with van der Waals surface area (Å²) in [6.07, 6.45) is 8.99. The molecule has 0 unspecified atom stereocenters. The summed E-state index contributed by atoms with van der Waals surface area (Å²) in [5.41, 5.74) is 1.70. The number of hydrogen-bond acceptors (Lipinski definition) is 5. The Morgan fingerprint density at radius 3 is 3.00 bits per heavy atom. The number of thiophene rings is 1. The third kappa shape index (κ3) is 4.54. The van der Waals surface area contributed by atoms with E-state index in [9.17, 15) is 14.4 Å². The van der Waals surface area contributed by atoms with Crippen LogP contribution < -0.4 is 16.2 Å². The molecular weight excluding hydrogens is 340 g/mol. The van der Waals surface area contributed by atoms with Gasteiger partial charge in [0.2, 0.25) is 5.91 Å². The third-order valence-corrected chi connectivity index (χ3v) is 5.01. The lowest BCUT2D eigenvalue weighted by Gasteiger charge is -2.13. The van der Waals surface area contributed by atoms with Crippen molar-refractivity contribution >= 4 is 33.5 Å². The lowest BCUT2D eigenvalue weighted by Crippen LogP contribution is -2.42. The summed E-state index contributed by atoms with van der Waals surface area (Å²) in [6, 6.07) is 1.21. The molecule has 2 heterocycles. The summed E-state index contributed by atoms with van der Waals surface area (Å²) in [4.78, 5) is 40.1. The number of urea groups is 1. The Hall–Kier alpha value is -2.48. The Kier molecular flexibility index (Phi) is 5.60. The van der Waals surface area contributed by atoms with Crippen LogP contribution in [-0.4, -0.2) is 28.0 Å². The standard InChI is InChI=1S/C17H20N4O3S/c22-14(10-21-11-19-13-7-9-25-15(13)16(21)23)20-17(24)18-8-6-12-4-2-1-3-5-12/h4,7,9,11H,1-3,5-6,8,10H2,(H2,18,20,22,24). The average molecular weight is 360 g/mol. The van der Waals surface area contributed by atoms with Gasteiger partial charge in [-0.05, 0) is 43.6 Å². The molecule has 0 aliphatic heterocycles. The molecule has 2 aromatic heterocycles. The van der Waals surface area contributed by atoms with Gasteiger partial charge in [0.15, 0.2) is 0 Å². The molecule has 0 bridgehead atoms. The molecule has 25 heavy (non-hydrogen) atoms. The molecule has 0 aromatic carbocycles. The third-order valence-electron chi connectivity index (χ3n) is 4.12. The summed E-state index contributed by atoms with van der Waals surface area (Å²) < 4.78 is 1.70. The van der Waals surface area contributed by atoms with Gasteiger partial charge in [0.1, 0.15) is 11.2 Å². The number of hydrogen-bond donors (Lipinski definition) is 2. The molecule has 2 N–H and O–H groups in total. The largest absolute Gasteiger partial charge is 0.337 e. The second kappa shape index (κ2) is 8.06. The van der Waals surface area contributed by atoms with E-state index in [-0.39, 0.29) is 12.1 Å². The zero-order chi connectivity index (χ0) is 17.6. The first-order valence-electron chi connectivity index (χ1n) is 8.32. The fourth-order valence-electron chi connectivity index (χ4n) is 2.82. The number of rotatable bonds is 5. The molecule has 0 atom stereocenters. The Labute approximate surface area is 148 Å². The maximum atomic E-state index is 12.2. The molecule has 3 amide bonds. The van der Waals surface area contributed by atoms with Crippen molar-refractivity contribution in [3.05, 3.63) is 39.8 Å². The molecule has 0 spiro atoms. The van der Waals surface area contributed by atoms with E-state index in [1.54, 1.807) is 11.4 Å². The number of imide groups is 1. The predicted molar refractivity (Wildman–Crippen MR) is 96.6 cm³/mol. The van der Waals surface area contributed by atoms with Crippen molar-refractivity contribution in [3.8, 4) is 0 Å². The van der Waals surface area contributed by atoms with E-state index in [1.807, 2.05) is 0 Å². The Morgan fingerprint density at radius 1 is 1.32 bits per heavy atom. The molecule has 0 saturated carbocycles. The second-order valence-corrected chi connectivity index (χ2v) is 6.89. The number of nitrogens with zero attached hydrogens (tertiary/aromatic N) is 2. The van der Waals surface area contributed by atoms with E-state index in [0.717, 1.165) is 19.3 Å². The van der Waals surface area contributed by atoms with Crippen molar-refractivity contribution in [1.29, 1.82) is 0 Å². The van der Waals surface area contributed by atoms with Crippen LogP contribution in [0.15, 0.2) is 34.2 Å². The quantitative estimate of drug-likeness (QED) is 0.799. The van der Waals surface area contributed by atoms with Crippen molar-refractivity contribution in [2.45, 2.75) is 38.6 Å². The van der Waals surface area contributed by atoms with Crippen LogP contribution in [0.5, 0.6) is 0 Å². The Balaban J connectivity index is 1.48. The SMILES string of the molecule is O=C(Cn1cnc2ccsc2c1=O)NC(=O)NCCC1=CCCCC1. The zero-order valence-corrected chi connectivity index (χ0v) is 14.6. The first kappa shape index (κ1) is 17.3. The van der Waals surface area contributed by atoms with Crippen LogP contribution >= 0.6 is 11.3 Å². The van der Waals surface area contributed by atoms with E-state index < -0.39 is 11.9 Å². The van der Waals surface area contributed by atoms with Gasteiger partial charge < -0.3 is 5.32 Å². The maximum Gasteiger partial charge on any atom is 0.321 e. The van der Waals surface area contributed by atoms with Crippen LogP contribution in [0.3, 0.4) is 0 Å². The minimum Gasteiger partial charge on any atom is -0.337 e. The Morgan fingerprint density at radius 2 is 2.20 bits per heavy atom. The minimum atomic E-state index is -0.547. The van der Waals surface area contributed by atoms with Gasteiger partial charge >= 0.3 is 6.03 Å². The molecule has 2 aromatic rings.